The SMILES string of the molecule is COCC(=O)N1CC(CCC(=O)N2CCCC2)C2(CCC2)C1. The Kier molecular flexibility index (Phi) is 4.71. The van der Waals surface area contributed by atoms with E-state index in [0.717, 1.165) is 45.4 Å². The van der Waals surface area contributed by atoms with Crippen LogP contribution in [-0.2, 0) is 14.3 Å². The van der Waals surface area contributed by atoms with Gasteiger partial charge in [0.2, 0.25) is 11.8 Å². The second-order valence-electron chi connectivity index (χ2n) is 7.25. The molecule has 0 bridgehead atoms. The molecular weight excluding hydrogens is 280 g/mol. The Bertz CT molecular complexity index is 428. The summed E-state index contributed by atoms with van der Waals surface area (Å²) < 4.78 is 4.98. The number of nitrogens with zero attached hydrogens (tertiary/aromatic N) is 2. The zero-order valence-electron chi connectivity index (χ0n) is 13.7. The highest BCUT2D eigenvalue weighted by molar-refractivity contribution is 5.78. The third kappa shape index (κ3) is 3.00. The molecule has 3 aliphatic rings. The second-order valence-corrected chi connectivity index (χ2v) is 7.25. The minimum Gasteiger partial charge on any atom is -0.375 e. The number of carbonyl (C=O) groups excluding carboxylic acids is 2. The van der Waals surface area contributed by atoms with Crippen molar-refractivity contribution in [1.29, 1.82) is 0 Å². The Morgan fingerprint density at radius 3 is 2.41 bits per heavy atom. The van der Waals surface area contributed by atoms with E-state index < -0.39 is 0 Å². The fourth-order valence-electron chi connectivity index (χ4n) is 4.46. The van der Waals surface area contributed by atoms with E-state index in [1.54, 1.807) is 7.11 Å². The van der Waals surface area contributed by atoms with Crippen LogP contribution in [0, 0.1) is 11.3 Å². The molecule has 2 heterocycles. The van der Waals surface area contributed by atoms with E-state index >= 15 is 0 Å². The molecule has 2 amide bonds. The zero-order valence-corrected chi connectivity index (χ0v) is 13.7. The number of carbonyl (C=O) groups is 2. The summed E-state index contributed by atoms with van der Waals surface area (Å²) in [7, 11) is 1.57. The molecule has 5 nitrogen and oxygen atoms in total. The Hall–Kier alpha value is -1.10. The molecule has 3 fully saturated rings. The third-order valence-electron chi connectivity index (χ3n) is 5.95. The van der Waals surface area contributed by atoms with Gasteiger partial charge in [-0.05, 0) is 43.4 Å². The normalized spacial score (nSPS) is 26.5. The number of ether oxygens (including phenoxy) is 1. The molecule has 22 heavy (non-hydrogen) atoms. The second kappa shape index (κ2) is 6.57. The van der Waals surface area contributed by atoms with E-state index in [4.69, 9.17) is 4.74 Å². The highest BCUT2D eigenvalue weighted by Gasteiger charge is 2.50. The van der Waals surface area contributed by atoms with Gasteiger partial charge < -0.3 is 14.5 Å². The van der Waals surface area contributed by atoms with Gasteiger partial charge in [-0.25, -0.2) is 0 Å². The number of methoxy groups -OCH3 is 1. The molecule has 1 spiro atoms. The fourth-order valence-corrected chi connectivity index (χ4v) is 4.46. The molecule has 0 aromatic carbocycles. The van der Waals surface area contributed by atoms with Gasteiger partial charge in [0.25, 0.3) is 0 Å². The first kappa shape index (κ1) is 15.8. The van der Waals surface area contributed by atoms with Crippen LogP contribution in [0.4, 0.5) is 0 Å². The maximum Gasteiger partial charge on any atom is 0.248 e. The number of likely N-dealkylation sites (tertiary alicyclic amines) is 2. The van der Waals surface area contributed by atoms with Gasteiger partial charge in [-0.2, -0.15) is 0 Å². The third-order valence-corrected chi connectivity index (χ3v) is 5.95. The van der Waals surface area contributed by atoms with Crippen molar-refractivity contribution in [2.45, 2.75) is 44.9 Å². The molecule has 1 saturated carbocycles. The molecule has 1 atom stereocenters. The highest BCUT2D eigenvalue weighted by Crippen LogP contribution is 2.53. The van der Waals surface area contributed by atoms with Gasteiger partial charge in [-0.1, -0.05) is 6.42 Å². The van der Waals surface area contributed by atoms with Crippen LogP contribution in [0.15, 0.2) is 0 Å². The number of rotatable bonds is 5. The summed E-state index contributed by atoms with van der Waals surface area (Å²) in [6.45, 7) is 3.74. The summed E-state index contributed by atoms with van der Waals surface area (Å²) in [5.74, 6) is 0.907. The van der Waals surface area contributed by atoms with Crippen LogP contribution in [0.25, 0.3) is 0 Å². The van der Waals surface area contributed by atoms with Crippen molar-refractivity contribution in [3.05, 3.63) is 0 Å². The van der Waals surface area contributed by atoms with Crippen molar-refractivity contribution < 1.29 is 14.3 Å². The van der Waals surface area contributed by atoms with Crippen LogP contribution in [0.3, 0.4) is 0 Å². The van der Waals surface area contributed by atoms with Gasteiger partial charge in [0.05, 0.1) is 0 Å². The van der Waals surface area contributed by atoms with Gasteiger partial charge in [-0.15, -0.1) is 0 Å². The molecule has 124 valence electrons. The Labute approximate surface area is 133 Å². The average Bonchev–Trinajstić information content (AvgIpc) is 3.11. The summed E-state index contributed by atoms with van der Waals surface area (Å²) >= 11 is 0. The molecule has 1 unspecified atom stereocenters. The molecule has 5 heteroatoms. The van der Waals surface area contributed by atoms with Crippen molar-refractivity contribution >= 4 is 11.8 Å². The largest absolute Gasteiger partial charge is 0.375 e. The maximum absolute atomic E-state index is 12.3. The minimum atomic E-state index is 0.0992. The van der Waals surface area contributed by atoms with Crippen LogP contribution in [0.2, 0.25) is 0 Å². The van der Waals surface area contributed by atoms with Crippen molar-refractivity contribution in [2.75, 3.05) is 39.9 Å². The lowest BCUT2D eigenvalue weighted by molar-refractivity contribution is -0.134. The van der Waals surface area contributed by atoms with Crippen molar-refractivity contribution in [3.8, 4) is 0 Å². The van der Waals surface area contributed by atoms with Gasteiger partial charge in [0.1, 0.15) is 6.61 Å². The van der Waals surface area contributed by atoms with Crippen molar-refractivity contribution in [2.24, 2.45) is 11.3 Å². The summed E-state index contributed by atoms with van der Waals surface area (Å²) in [6, 6.07) is 0. The number of hydrogen-bond donors (Lipinski definition) is 0. The standard InChI is InChI=1S/C17H28N2O3/c1-22-12-16(21)19-11-14(17(13-19)7-4-8-17)5-6-15(20)18-9-2-3-10-18/h14H,2-13H2,1H3. The molecule has 0 N–H and O–H groups in total. The molecule has 1 aliphatic carbocycles. The smallest absolute Gasteiger partial charge is 0.248 e. The molecule has 0 aromatic rings. The molecule has 0 aromatic heterocycles. The Morgan fingerprint density at radius 1 is 1.09 bits per heavy atom. The first-order chi connectivity index (χ1) is 10.6. The minimum absolute atomic E-state index is 0.0992. The molecular formula is C17H28N2O3. The zero-order chi connectivity index (χ0) is 15.6. The topological polar surface area (TPSA) is 49.9 Å². The fraction of sp³-hybridized carbons (Fsp3) is 0.882. The molecule has 0 radical (unpaired) electrons. The van der Waals surface area contributed by atoms with Gasteiger partial charge in [0, 0.05) is 39.7 Å². The van der Waals surface area contributed by atoms with Crippen molar-refractivity contribution in [3.63, 3.8) is 0 Å². The predicted molar refractivity (Wildman–Crippen MR) is 83.3 cm³/mol. The summed E-state index contributed by atoms with van der Waals surface area (Å²) in [5, 5.41) is 0. The van der Waals surface area contributed by atoms with E-state index in [2.05, 4.69) is 0 Å². The van der Waals surface area contributed by atoms with Crippen LogP contribution in [0.1, 0.15) is 44.9 Å². The van der Waals surface area contributed by atoms with Crippen molar-refractivity contribution in [1.82, 2.24) is 9.80 Å². The van der Waals surface area contributed by atoms with Gasteiger partial charge in [-0.3, -0.25) is 9.59 Å². The molecule has 2 aliphatic heterocycles. The lowest BCUT2D eigenvalue weighted by Crippen LogP contribution is -2.39. The number of hydrogen-bond acceptors (Lipinski definition) is 3. The van der Waals surface area contributed by atoms with E-state index in [9.17, 15) is 9.59 Å². The first-order valence-electron chi connectivity index (χ1n) is 8.69. The lowest BCUT2D eigenvalue weighted by Gasteiger charge is -2.43. The van der Waals surface area contributed by atoms with E-state index in [1.165, 1.54) is 19.3 Å². The summed E-state index contributed by atoms with van der Waals surface area (Å²) in [6.07, 6.45) is 7.59. The van der Waals surface area contributed by atoms with Crippen LogP contribution >= 0.6 is 0 Å². The Balaban J connectivity index is 1.55. The highest BCUT2D eigenvalue weighted by atomic mass is 16.5. The average molecular weight is 308 g/mol. The van der Waals surface area contributed by atoms with E-state index in [1.807, 2.05) is 9.80 Å². The van der Waals surface area contributed by atoms with Gasteiger partial charge in [0.15, 0.2) is 0 Å². The van der Waals surface area contributed by atoms with Crippen LogP contribution in [0.5, 0.6) is 0 Å². The van der Waals surface area contributed by atoms with Crippen LogP contribution in [-0.4, -0.2) is 61.5 Å². The molecule has 2 saturated heterocycles. The monoisotopic (exact) mass is 308 g/mol. The number of amides is 2. The Morgan fingerprint density at radius 2 is 1.82 bits per heavy atom. The molecule has 3 rings (SSSR count). The van der Waals surface area contributed by atoms with E-state index in [-0.39, 0.29) is 12.5 Å². The summed E-state index contributed by atoms with van der Waals surface area (Å²) in [4.78, 5) is 28.3. The lowest BCUT2D eigenvalue weighted by atomic mass is 9.62. The van der Waals surface area contributed by atoms with Gasteiger partial charge >= 0.3 is 0 Å². The maximum atomic E-state index is 12.3. The summed E-state index contributed by atoms with van der Waals surface area (Å²) in [5.41, 5.74) is 0.300. The predicted octanol–water partition coefficient (Wildman–Crippen LogP) is 1.66. The quantitative estimate of drug-likeness (QED) is 0.776. The van der Waals surface area contributed by atoms with Crippen LogP contribution < -0.4 is 0 Å². The van der Waals surface area contributed by atoms with E-state index in [0.29, 0.717) is 23.7 Å². The first-order valence-corrected chi connectivity index (χ1v) is 8.69.